The van der Waals surface area contributed by atoms with Gasteiger partial charge >= 0.3 is 0 Å². The Morgan fingerprint density at radius 2 is 2.00 bits per heavy atom. The van der Waals surface area contributed by atoms with Gasteiger partial charge in [0.05, 0.1) is 6.10 Å². The summed E-state index contributed by atoms with van der Waals surface area (Å²) in [5.74, 6) is 0. The highest BCUT2D eigenvalue weighted by atomic mass is 16.3. The van der Waals surface area contributed by atoms with Crippen LogP contribution in [0.5, 0.6) is 0 Å². The van der Waals surface area contributed by atoms with Gasteiger partial charge in [0, 0.05) is 0 Å². The molecule has 1 aromatic carbocycles. The standard InChI is InChI=1S/C13H18O/c1-2-3-9-13(14)11-10-12-7-5-4-6-8-12/h4-8,10-11,13-14H,2-3,9H2,1H3/t13-/m0/s1. The second-order valence-corrected chi connectivity index (χ2v) is 3.48. The highest BCUT2D eigenvalue weighted by molar-refractivity contribution is 5.49. The van der Waals surface area contributed by atoms with Crippen molar-refractivity contribution in [3.63, 3.8) is 0 Å². The summed E-state index contributed by atoms with van der Waals surface area (Å²) in [5, 5.41) is 9.55. The molecule has 0 unspecified atom stereocenters. The molecule has 1 N–H and O–H groups in total. The van der Waals surface area contributed by atoms with Gasteiger partial charge in [-0.15, -0.1) is 0 Å². The summed E-state index contributed by atoms with van der Waals surface area (Å²) >= 11 is 0. The van der Waals surface area contributed by atoms with Crippen LogP contribution in [0.2, 0.25) is 0 Å². The van der Waals surface area contributed by atoms with Crippen LogP contribution >= 0.6 is 0 Å². The van der Waals surface area contributed by atoms with E-state index in [0.717, 1.165) is 24.8 Å². The van der Waals surface area contributed by atoms with Crippen molar-refractivity contribution in [1.82, 2.24) is 0 Å². The quantitative estimate of drug-likeness (QED) is 0.755. The number of unbranched alkanes of at least 4 members (excludes halogenated alkanes) is 1. The molecule has 0 spiro atoms. The van der Waals surface area contributed by atoms with Crippen LogP contribution in [0.25, 0.3) is 6.08 Å². The second kappa shape index (κ2) is 6.39. The van der Waals surface area contributed by atoms with Crippen LogP contribution in [0.1, 0.15) is 31.7 Å². The third kappa shape index (κ3) is 4.24. The normalized spacial score (nSPS) is 13.3. The van der Waals surface area contributed by atoms with E-state index in [-0.39, 0.29) is 6.10 Å². The van der Waals surface area contributed by atoms with E-state index in [1.54, 1.807) is 0 Å². The van der Waals surface area contributed by atoms with Crippen LogP contribution < -0.4 is 0 Å². The minimum absolute atomic E-state index is 0.296. The molecule has 14 heavy (non-hydrogen) atoms. The van der Waals surface area contributed by atoms with Crippen LogP contribution in [0.15, 0.2) is 36.4 Å². The number of rotatable bonds is 5. The molecule has 1 nitrogen and oxygen atoms in total. The second-order valence-electron chi connectivity index (χ2n) is 3.48. The first-order valence-electron chi connectivity index (χ1n) is 5.24. The zero-order valence-electron chi connectivity index (χ0n) is 8.69. The van der Waals surface area contributed by atoms with E-state index < -0.39 is 0 Å². The van der Waals surface area contributed by atoms with Crippen LogP contribution in [-0.2, 0) is 0 Å². The Morgan fingerprint density at radius 3 is 2.64 bits per heavy atom. The van der Waals surface area contributed by atoms with E-state index in [4.69, 9.17) is 0 Å². The smallest absolute Gasteiger partial charge is 0.0724 e. The molecular formula is C13H18O. The van der Waals surface area contributed by atoms with Crippen molar-refractivity contribution < 1.29 is 5.11 Å². The first kappa shape index (κ1) is 11.0. The Balaban J connectivity index is 2.39. The van der Waals surface area contributed by atoms with Crippen molar-refractivity contribution in [2.45, 2.75) is 32.3 Å². The number of hydrogen-bond acceptors (Lipinski definition) is 1. The number of aliphatic hydroxyl groups excluding tert-OH is 1. The zero-order valence-corrected chi connectivity index (χ0v) is 8.69. The topological polar surface area (TPSA) is 20.2 Å². The predicted molar refractivity (Wildman–Crippen MR) is 61.0 cm³/mol. The molecule has 0 aromatic heterocycles. The fourth-order valence-electron chi connectivity index (χ4n) is 1.30. The van der Waals surface area contributed by atoms with Gasteiger partial charge in [-0.1, -0.05) is 62.2 Å². The first-order chi connectivity index (χ1) is 6.83. The summed E-state index contributed by atoms with van der Waals surface area (Å²) in [6.07, 6.45) is 6.62. The molecular weight excluding hydrogens is 172 g/mol. The fraction of sp³-hybridized carbons (Fsp3) is 0.385. The molecule has 1 rings (SSSR count). The average molecular weight is 190 g/mol. The lowest BCUT2D eigenvalue weighted by Gasteiger charge is -2.02. The van der Waals surface area contributed by atoms with Gasteiger partial charge < -0.3 is 5.11 Å². The molecule has 0 aliphatic rings. The van der Waals surface area contributed by atoms with Crippen LogP contribution in [0, 0.1) is 0 Å². The van der Waals surface area contributed by atoms with Crippen molar-refractivity contribution >= 4 is 6.08 Å². The van der Waals surface area contributed by atoms with E-state index >= 15 is 0 Å². The number of hydrogen-bond donors (Lipinski definition) is 1. The van der Waals surface area contributed by atoms with Gasteiger partial charge in [-0.3, -0.25) is 0 Å². The van der Waals surface area contributed by atoms with Crippen molar-refractivity contribution in [3.05, 3.63) is 42.0 Å². The third-order valence-corrected chi connectivity index (χ3v) is 2.16. The van der Waals surface area contributed by atoms with Gasteiger partial charge in [-0.05, 0) is 12.0 Å². The minimum Gasteiger partial charge on any atom is -0.389 e. The maximum absolute atomic E-state index is 9.55. The molecule has 1 heteroatoms. The number of aliphatic hydroxyl groups is 1. The van der Waals surface area contributed by atoms with E-state index in [2.05, 4.69) is 6.92 Å². The lowest BCUT2D eigenvalue weighted by molar-refractivity contribution is 0.210. The van der Waals surface area contributed by atoms with E-state index in [0.29, 0.717) is 0 Å². The van der Waals surface area contributed by atoms with Gasteiger partial charge in [0.15, 0.2) is 0 Å². The molecule has 0 fully saturated rings. The van der Waals surface area contributed by atoms with Gasteiger partial charge in [-0.2, -0.15) is 0 Å². The van der Waals surface area contributed by atoms with Gasteiger partial charge in [0.1, 0.15) is 0 Å². The lowest BCUT2D eigenvalue weighted by atomic mass is 10.1. The van der Waals surface area contributed by atoms with E-state index in [1.807, 2.05) is 42.5 Å². The zero-order chi connectivity index (χ0) is 10.2. The van der Waals surface area contributed by atoms with Crippen molar-refractivity contribution in [3.8, 4) is 0 Å². The monoisotopic (exact) mass is 190 g/mol. The van der Waals surface area contributed by atoms with Crippen LogP contribution in [-0.4, -0.2) is 11.2 Å². The van der Waals surface area contributed by atoms with E-state index in [1.165, 1.54) is 0 Å². The maximum Gasteiger partial charge on any atom is 0.0724 e. The Kier molecular flexibility index (Phi) is 5.02. The molecule has 0 amide bonds. The summed E-state index contributed by atoms with van der Waals surface area (Å²) in [7, 11) is 0. The Morgan fingerprint density at radius 1 is 1.29 bits per heavy atom. The Hall–Kier alpha value is -1.08. The molecule has 0 aliphatic carbocycles. The summed E-state index contributed by atoms with van der Waals surface area (Å²) in [5.41, 5.74) is 1.14. The van der Waals surface area contributed by atoms with Crippen molar-refractivity contribution in [2.24, 2.45) is 0 Å². The van der Waals surface area contributed by atoms with Crippen LogP contribution in [0.3, 0.4) is 0 Å². The minimum atomic E-state index is -0.296. The average Bonchev–Trinajstić information content (AvgIpc) is 2.25. The van der Waals surface area contributed by atoms with Gasteiger partial charge in [-0.25, -0.2) is 0 Å². The Bertz CT molecular complexity index is 264. The molecule has 1 aromatic rings. The highest BCUT2D eigenvalue weighted by Crippen LogP contribution is 2.06. The largest absolute Gasteiger partial charge is 0.389 e. The predicted octanol–water partition coefficient (Wildman–Crippen LogP) is 3.25. The lowest BCUT2D eigenvalue weighted by Crippen LogP contribution is -2.00. The summed E-state index contributed by atoms with van der Waals surface area (Å²) < 4.78 is 0. The first-order valence-corrected chi connectivity index (χ1v) is 5.24. The molecule has 0 heterocycles. The molecule has 0 saturated carbocycles. The third-order valence-electron chi connectivity index (χ3n) is 2.16. The highest BCUT2D eigenvalue weighted by Gasteiger charge is 1.96. The van der Waals surface area contributed by atoms with Crippen LogP contribution in [0.4, 0.5) is 0 Å². The Labute approximate surface area is 86.1 Å². The summed E-state index contributed by atoms with van der Waals surface area (Å²) in [6, 6.07) is 10.0. The fourth-order valence-corrected chi connectivity index (χ4v) is 1.30. The number of benzene rings is 1. The molecule has 0 aliphatic heterocycles. The molecule has 0 saturated heterocycles. The van der Waals surface area contributed by atoms with Gasteiger partial charge in [0.2, 0.25) is 0 Å². The SMILES string of the molecule is CCCC[C@H](O)C=Cc1ccccc1. The molecule has 0 radical (unpaired) electrons. The molecule has 0 bridgehead atoms. The van der Waals surface area contributed by atoms with E-state index in [9.17, 15) is 5.11 Å². The maximum atomic E-state index is 9.55. The summed E-state index contributed by atoms with van der Waals surface area (Å²) in [6.45, 7) is 2.13. The molecule has 1 atom stereocenters. The summed E-state index contributed by atoms with van der Waals surface area (Å²) in [4.78, 5) is 0. The van der Waals surface area contributed by atoms with Gasteiger partial charge in [0.25, 0.3) is 0 Å². The van der Waals surface area contributed by atoms with Crippen molar-refractivity contribution in [1.29, 1.82) is 0 Å². The molecule has 76 valence electrons. The van der Waals surface area contributed by atoms with Crippen molar-refractivity contribution in [2.75, 3.05) is 0 Å².